The number of aliphatic hydroxyl groups is 1. The van der Waals surface area contributed by atoms with Gasteiger partial charge in [0.25, 0.3) is 0 Å². The minimum absolute atomic E-state index is 0.270. The summed E-state index contributed by atoms with van der Waals surface area (Å²) < 4.78 is 13.6. The average Bonchev–Trinajstić information content (AvgIpc) is 2.21. The van der Waals surface area contributed by atoms with Crippen LogP contribution in [0.3, 0.4) is 0 Å². The van der Waals surface area contributed by atoms with E-state index in [1.165, 1.54) is 12.1 Å². The van der Waals surface area contributed by atoms with E-state index in [-0.39, 0.29) is 5.82 Å². The third-order valence-corrected chi connectivity index (χ3v) is 3.14. The summed E-state index contributed by atoms with van der Waals surface area (Å²) in [5, 5.41) is 13.0. The first-order valence-electron chi connectivity index (χ1n) is 5.81. The molecule has 0 aliphatic heterocycles. The highest BCUT2D eigenvalue weighted by Crippen LogP contribution is 2.19. The molecule has 2 nitrogen and oxygen atoms in total. The molecule has 4 heteroatoms. The summed E-state index contributed by atoms with van der Waals surface area (Å²) in [5.41, 5.74) is 0.922. The lowest BCUT2D eigenvalue weighted by atomic mass is 10.1. The van der Waals surface area contributed by atoms with Gasteiger partial charge in [0.2, 0.25) is 0 Å². The van der Waals surface area contributed by atoms with Gasteiger partial charge in [0.05, 0.1) is 6.10 Å². The van der Waals surface area contributed by atoms with E-state index in [9.17, 15) is 9.50 Å². The van der Waals surface area contributed by atoms with Crippen molar-refractivity contribution in [2.75, 3.05) is 13.1 Å². The number of benzene rings is 1. The molecule has 0 saturated carbocycles. The third kappa shape index (κ3) is 5.61. The normalized spacial score (nSPS) is 13.1. The summed E-state index contributed by atoms with van der Waals surface area (Å²) in [7, 11) is 0. The summed E-state index contributed by atoms with van der Waals surface area (Å²) in [6.07, 6.45) is 0.0712. The van der Waals surface area contributed by atoms with Crippen LogP contribution in [-0.4, -0.2) is 24.3 Å². The summed E-state index contributed by atoms with van der Waals surface area (Å²) >= 11 is 3.30. The number of halogens is 2. The second-order valence-corrected chi connectivity index (χ2v) is 5.50. The van der Waals surface area contributed by atoms with Crippen molar-refractivity contribution < 1.29 is 9.50 Å². The Morgan fingerprint density at radius 2 is 2.06 bits per heavy atom. The maximum atomic E-state index is 12.9. The molecule has 0 heterocycles. The highest BCUT2D eigenvalue weighted by molar-refractivity contribution is 9.10. The molecule has 1 atom stereocenters. The van der Waals surface area contributed by atoms with E-state index < -0.39 is 6.10 Å². The van der Waals surface area contributed by atoms with Crippen molar-refractivity contribution in [2.45, 2.75) is 26.4 Å². The van der Waals surface area contributed by atoms with Gasteiger partial charge in [0.1, 0.15) is 5.82 Å². The monoisotopic (exact) mass is 303 g/mol. The van der Waals surface area contributed by atoms with E-state index in [1.807, 2.05) is 0 Å². The van der Waals surface area contributed by atoms with Gasteiger partial charge < -0.3 is 10.4 Å². The second kappa shape index (κ2) is 7.09. The Morgan fingerprint density at radius 3 is 2.65 bits per heavy atom. The van der Waals surface area contributed by atoms with Crippen molar-refractivity contribution in [3.63, 3.8) is 0 Å². The van der Waals surface area contributed by atoms with Gasteiger partial charge in [-0.15, -0.1) is 0 Å². The first-order valence-corrected chi connectivity index (χ1v) is 6.61. The molecule has 0 aliphatic carbocycles. The molecule has 0 aliphatic rings. The van der Waals surface area contributed by atoms with Crippen molar-refractivity contribution >= 4 is 15.9 Å². The highest BCUT2D eigenvalue weighted by atomic mass is 79.9. The van der Waals surface area contributed by atoms with Crippen LogP contribution in [0.2, 0.25) is 0 Å². The zero-order chi connectivity index (χ0) is 12.8. The van der Waals surface area contributed by atoms with Crippen LogP contribution >= 0.6 is 15.9 Å². The topological polar surface area (TPSA) is 32.3 Å². The molecule has 0 aromatic heterocycles. The Morgan fingerprint density at radius 1 is 1.35 bits per heavy atom. The van der Waals surface area contributed by atoms with Gasteiger partial charge in [-0.2, -0.15) is 0 Å². The minimum Gasteiger partial charge on any atom is -0.391 e. The zero-order valence-electron chi connectivity index (χ0n) is 10.2. The first kappa shape index (κ1) is 14.6. The molecule has 0 amide bonds. The molecule has 1 rings (SSSR count). The number of aliphatic hydroxyl groups excluding tert-OH is 1. The van der Waals surface area contributed by atoms with E-state index in [1.54, 1.807) is 6.07 Å². The predicted molar refractivity (Wildman–Crippen MR) is 71.5 cm³/mol. The van der Waals surface area contributed by atoms with E-state index in [4.69, 9.17) is 0 Å². The van der Waals surface area contributed by atoms with Crippen LogP contribution in [0.15, 0.2) is 22.7 Å². The van der Waals surface area contributed by atoms with Gasteiger partial charge in [-0.1, -0.05) is 35.8 Å². The molecule has 0 radical (unpaired) electrons. The number of hydrogen-bond donors (Lipinski definition) is 2. The summed E-state index contributed by atoms with van der Waals surface area (Å²) in [5.74, 6) is 0.299. The lowest BCUT2D eigenvalue weighted by Gasteiger charge is -2.14. The van der Waals surface area contributed by atoms with Crippen LogP contribution in [0.5, 0.6) is 0 Å². The Labute approximate surface area is 110 Å². The quantitative estimate of drug-likeness (QED) is 0.847. The van der Waals surface area contributed by atoms with Crippen molar-refractivity contribution in [1.29, 1.82) is 0 Å². The molecule has 96 valence electrons. The number of hydrogen-bond acceptors (Lipinski definition) is 2. The van der Waals surface area contributed by atoms with Crippen LogP contribution in [0.1, 0.15) is 19.4 Å². The summed E-state index contributed by atoms with van der Waals surface area (Å²) in [4.78, 5) is 0. The lowest BCUT2D eigenvalue weighted by molar-refractivity contribution is 0.170. The van der Waals surface area contributed by atoms with Crippen LogP contribution in [0.4, 0.5) is 4.39 Å². The highest BCUT2D eigenvalue weighted by Gasteiger charge is 2.09. The summed E-state index contributed by atoms with van der Waals surface area (Å²) in [6, 6.07) is 4.53. The maximum absolute atomic E-state index is 12.9. The van der Waals surface area contributed by atoms with E-state index >= 15 is 0 Å². The van der Waals surface area contributed by atoms with Crippen molar-refractivity contribution in [3.05, 3.63) is 34.1 Å². The fourth-order valence-electron chi connectivity index (χ4n) is 1.55. The van der Waals surface area contributed by atoms with Crippen LogP contribution < -0.4 is 5.32 Å². The molecule has 2 N–H and O–H groups in total. The van der Waals surface area contributed by atoms with Crippen LogP contribution in [-0.2, 0) is 6.42 Å². The van der Waals surface area contributed by atoms with Crippen LogP contribution in [0.25, 0.3) is 0 Å². The number of nitrogens with one attached hydrogen (secondary N) is 1. The molecular weight excluding hydrogens is 285 g/mol. The third-order valence-electron chi connectivity index (χ3n) is 2.40. The van der Waals surface area contributed by atoms with Gasteiger partial charge in [0, 0.05) is 17.4 Å². The van der Waals surface area contributed by atoms with Crippen molar-refractivity contribution in [1.82, 2.24) is 5.32 Å². The van der Waals surface area contributed by atoms with Crippen LogP contribution in [0, 0.1) is 11.7 Å². The first-order chi connectivity index (χ1) is 7.99. The van der Waals surface area contributed by atoms with Crippen molar-refractivity contribution in [2.24, 2.45) is 5.92 Å². The molecule has 17 heavy (non-hydrogen) atoms. The molecule has 0 fully saturated rings. The fourth-order valence-corrected chi connectivity index (χ4v) is 2.06. The molecule has 1 aromatic carbocycles. The molecule has 0 bridgehead atoms. The Balaban J connectivity index is 2.42. The number of rotatable bonds is 6. The smallest absolute Gasteiger partial charge is 0.124 e. The molecule has 1 unspecified atom stereocenters. The van der Waals surface area contributed by atoms with Gasteiger partial charge in [-0.3, -0.25) is 0 Å². The Hall–Kier alpha value is -0.450. The summed E-state index contributed by atoms with van der Waals surface area (Å²) in [6.45, 7) is 5.69. The van der Waals surface area contributed by atoms with E-state index in [0.717, 1.165) is 12.1 Å². The predicted octanol–water partition coefficient (Wildman–Crippen LogP) is 2.74. The standard InChI is InChI=1S/C13H19BrFNO/c1-9(2)7-16-8-12(17)5-10-3-4-11(15)6-13(10)14/h3-4,6,9,12,16-17H,5,7-8H2,1-2H3. The second-order valence-electron chi connectivity index (χ2n) is 4.65. The van der Waals surface area contributed by atoms with Crippen molar-refractivity contribution in [3.8, 4) is 0 Å². The Kier molecular flexibility index (Phi) is 6.09. The molecular formula is C13H19BrFNO. The SMILES string of the molecule is CC(C)CNCC(O)Cc1ccc(F)cc1Br. The minimum atomic E-state index is -0.449. The molecule has 1 aromatic rings. The fraction of sp³-hybridized carbons (Fsp3) is 0.538. The zero-order valence-corrected chi connectivity index (χ0v) is 11.8. The van der Waals surface area contributed by atoms with Gasteiger partial charge >= 0.3 is 0 Å². The maximum Gasteiger partial charge on any atom is 0.124 e. The van der Waals surface area contributed by atoms with E-state index in [0.29, 0.717) is 23.4 Å². The molecule has 0 spiro atoms. The van der Waals surface area contributed by atoms with Gasteiger partial charge in [0.15, 0.2) is 0 Å². The Bertz CT molecular complexity index is 357. The molecule has 0 saturated heterocycles. The van der Waals surface area contributed by atoms with Gasteiger partial charge in [-0.25, -0.2) is 4.39 Å². The van der Waals surface area contributed by atoms with E-state index in [2.05, 4.69) is 35.1 Å². The van der Waals surface area contributed by atoms with Gasteiger partial charge in [-0.05, 0) is 30.2 Å². The average molecular weight is 304 g/mol. The lowest BCUT2D eigenvalue weighted by Crippen LogP contribution is -2.30. The largest absolute Gasteiger partial charge is 0.391 e.